The lowest BCUT2D eigenvalue weighted by atomic mass is 9.86. The van der Waals surface area contributed by atoms with Crippen LogP contribution in [0, 0.1) is 0 Å². The first-order valence-corrected chi connectivity index (χ1v) is 7.39. The molecular weight excluding hydrogens is 244 g/mol. The van der Waals surface area contributed by atoms with Crippen LogP contribution < -0.4 is 0 Å². The summed E-state index contributed by atoms with van der Waals surface area (Å²) < 4.78 is 0. The highest BCUT2D eigenvalue weighted by Gasteiger charge is 2.13. The fourth-order valence-corrected chi connectivity index (χ4v) is 2.01. The Morgan fingerprint density at radius 2 is 1.60 bits per heavy atom. The van der Waals surface area contributed by atoms with Gasteiger partial charge in [-0.2, -0.15) is 5.10 Å². The van der Waals surface area contributed by atoms with Crippen LogP contribution in [0.15, 0.2) is 35.9 Å². The smallest absolute Gasteiger partial charge is 0.0591 e. The van der Waals surface area contributed by atoms with E-state index >= 15 is 0 Å². The SMILES string of the molecule is C=C(c1ccc(C(C)(C)C)cc1)N(C)N=C(CC)CC. The van der Waals surface area contributed by atoms with Crippen molar-refractivity contribution in [3.8, 4) is 0 Å². The largest absolute Gasteiger partial charge is 0.269 e. The monoisotopic (exact) mass is 272 g/mol. The van der Waals surface area contributed by atoms with Gasteiger partial charge < -0.3 is 0 Å². The van der Waals surface area contributed by atoms with Crippen molar-refractivity contribution in [3.05, 3.63) is 42.0 Å². The van der Waals surface area contributed by atoms with Gasteiger partial charge in [-0.05, 0) is 29.4 Å². The third kappa shape index (κ3) is 4.22. The van der Waals surface area contributed by atoms with Crippen LogP contribution >= 0.6 is 0 Å². The number of hydrazone groups is 1. The van der Waals surface area contributed by atoms with E-state index in [1.54, 1.807) is 0 Å². The van der Waals surface area contributed by atoms with E-state index in [0.29, 0.717) is 0 Å². The molecule has 0 saturated carbocycles. The van der Waals surface area contributed by atoms with Crippen LogP contribution in [0.4, 0.5) is 0 Å². The highest BCUT2D eigenvalue weighted by molar-refractivity contribution is 5.84. The predicted octanol–water partition coefficient (Wildman–Crippen LogP) is 5.06. The Balaban J connectivity index is 2.90. The molecule has 0 aliphatic heterocycles. The second-order valence-electron chi connectivity index (χ2n) is 6.17. The molecule has 2 nitrogen and oxygen atoms in total. The average molecular weight is 272 g/mol. The maximum atomic E-state index is 4.61. The Kier molecular flexibility index (Phi) is 5.55. The molecule has 110 valence electrons. The van der Waals surface area contributed by atoms with Crippen LogP contribution in [-0.4, -0.2) is 17.8 Å². The molecule has 0 saturated heterocycles. The van der Waals surface area contributed by atoms with Gasteiger partial charge in [0.15, 0.2) is 0 Å². The maximum absolute atomic E-state index is 4.61. The molecule has 0 radical (unpaired) electrons. The summed E-state index contributed by atoms with van der Waals surface area (Å²) in [5, 5.41) is 6.49. The molecule has 0 amide bonds. The molecule has 1 rings (SSSR count). The normalized spacial score (nSPS) is 11.1. The quantitative estimate of drug-likeness (QED) is 0.540. The zero-order valence-corrected chi connectivity index (χ0v) is 13.8. The predicted molar refractivity (Wildman–Crippen MR) is 90.0 cm³/mol. The summed E-state index contributed by atoms with van der Waals surface area (Å²) in [6.07, 6.45) is 1.97. The minimum Gasteiger partial charge on any atom is -0.269 e. The van der Waals surface area contributed by atoms with Gasteiger partial charge in [-0.15, -0.1) is 0 Å². The van der Waals surface area contributed by atoms with Crippen molar-refractivity contribution in [2.24, 2.45) is 5.10 Å². The zero-order chi connectivity index (χ0) is 15.3. The van der Waals surface area contributed by atoms with Crippen LogP contribution in [0.2, 0.25) is 0 Å². The van der Waals surface area contributed by atoms with Crippen molar-refractivity contribution in [2.75, 3.05) is 7.05 Å². The standard InChI is InChI=1S/C18H28N2/c1-8-17(9-2)19-20(7)14(3)15-10-12-16(13-11-15)18(4,5)6/h10-13H,3,8-9H2,1-2,4-7H3. The van der Waals surface area contributed by atoms with E-state index in [4.69, 9.17) is 0 Å². The molecular formula is C18H28N2. The van der Waals surface area contributed by atoms with Crippen molar-refractivity contribution < 1.29 is 0 Å². The van der Waals surface area contributed by atoms with Crippen molar-refractivity contribution in [1.82, 2.24) is 5.01 Å². The highest BCUT2D eigenvalue weighted by atomic mass is 15.4. The summed E-state index contributed by atoms with van der Waals surface area (Å²) in [4.78, 5) is 0. The molecule has 0 aromatic heterocycles. The van der Waals surface area contributed by atoms with Crippen LogP contribution in [-0.2, 0) is 5.41 Å². The first kappa shape index (κ1) is 16.5. The summed E-state index contributed by atoms with van der Waals surface area (Å²) in [6, 6.07) is 8.62. The van der Waals surface area contributed by atoms with Gasteiger partial charge in [0, 0.05) is 12.8 Å². The van der Waals surface area contributed by atoms with Crippen LogP contribution in [0.1, 0.15) is 58.6 Å². The minimum absolute atomic E-state index is 0.182. The highest BCUT2D eigenvalue weighted by Crippen LogP contribution is 2.24. The second kappa shape index (κ2) is 6.74. The van der Waals surface area contributed by atoms with E-state index in [9.17, 15) is 0 Å². The van der Waals surface area contributed by atoms with E-state index in [1.807, 2.05) is 12.1 Å². The number of hydrogen-bond donors (Lipinski definition) is 0. The molecule has 20 heavy (non-hydrogen) atoms. The molecule has 0 aliphatic rings. The Morgan fingerprint density at radius 3 is 2.00 bits per heavy atom. The molecule has 0 N–H and O–H groups in total. The Bertz CT molecular complexity index is 469. The molecule has 0 atom stereocenters. The van der Waals surface area contributed by atoms with Gasteiger partial charge in [0.25, 0.3) is 0 Å². The molecule has 0 heterocycles. The molecule has 1 aromatic rings. The van der Waals surface area contributed by atoms with Crippen LogP contribution in [0.3, 0.4) is 0 Å². The van der Waals surface area contributed by atoms with Crippen LogP contribution in [0.25, 0.3) is 5.70 Å². The van der Waals surface area contributed by atoms with Gasteiger partial charge >= 0.3 is 0 Å². The molecule has 1 aromatic carbocycles. The molecule has 2 heteroatoms. The fourth-order valence-electron chi connectivity index (χ4n) is 2.01. The summed E-state index contributed by atoms with van der Waals surface area (Å²) in [7, 11) is 1.96. The maximum Gasteiger partial charge on any atom is 0.0591 e. The molecule has 0 fully saturated rings. The number of benzene rings is 1. The van der Waals surface area contributed by atoms with Crippen molar-refractivity contribution in [1.29, 1.82) is 0 Å². The van der Waals surface area contributed by atoms with E-state index in [0.717, 1.165) is 24.1 Å². The fraction of sp³-hybridized carbons (Fsp3) is 0.500. The van der Waals surface area contributed by atoms with Gasteiger partial charge in [-0.3, -0.25) is 5.01 Å². The van der Waals surface area contributed by atoms with Gasteiger partial charge in [0.05, 0.1) is 5.70 Å². The topological polar surface area (TPSA) is 15.6 Å². The lowest BCUT2D eigenvalue weighted by molar-refractivity contribution is 0.513. The van der Waals surface area contributed by atoms with E-state index in [2.05, 4.69) is 70.6 Å². The number of nitrogens with zero attached hydrogens (tertiary/aromatic N) is 2. The van der Waals surface area contributed by atoms with E-state index in [1.165, 1.54) is 11.3 Å². The Labute approximate surface area is 124 Å². The lowest BCUT2D eigenvalue weighted by Gasteiger charge is -2.21. The number of rotatable bonds is 5. The first-order valence-electron chi connectivity index (χ1n) is 7.39. The third-order valence-electron chi connectivity index (χ3n) is 3.58. The van der Waals surface area contributed by atoms with Crippen LogP contribution in [0.5, 0.6) is 0 Å². The summed E-state index contributed by atoms with van der Waals surface area (Å²) >= 11 is 0. The van der Waals surface area contributed by atoms with Gasteiger partial charge in [0.1, 0.15) is 0 Å². The van der Waals surface area contributed by atoms with E-state index in [-0.39, 0.29) is 5.41 Å². The summed E-state index contributed by atoms with van der Waals surface area (Å²) in [6.45, 7) is 15.1. The Hall–Kier alpha value is -1.57. The lowest BCUT2D eigenvalue weighted by Crippen LogP contribution is -2.13. The van der Waals surface area contributed by atoms with Gasteiger partial charge in [0.2, 0.25) is 0 Å². The zero-order valence-electron chi connectivity index (χ0n) is 13.8. The van der Waals surface area contributed by atoms with Crippen molar-refractivity contribution in [3.63, 3.8) is 0 Å². The summed E-state index contributed by atoms with van der Waals surface area (Å²) in [5.41, 5.74) is 4.77. The molecule has 0 unspecified atom stereocenters. The molecule has 0 bridgehead atoms. The summed E-state index contributed by atoms with van der Waals surface area (Å²) in [5.74, 6) is 0. The third-order valence-corrected chi connectivity index (χ3v) is 3.58. The molecule has 0 spiro atoms. The van der Waals surface area contributed by atoms with E-state index < -0.39 is 0 Å². The molecule has 0 aliphatic carbocycles. The number of hydrogen-bond acceptors (Lipinski definition) is 2. The van der Waals surface area contributed by atoms with Crippen molar-refractivity contribution in [2.45, 2.75) is 52.9 Å². The van der Waals surface area contributed by atoms with Gasteiger partial charge in [-0.25, -0.2) is 0 Å². The Morgan fingerprint density at radius 1 is 1.10 bits per heavy atom. The average Bonchev–Trinajstić information content (AvgIpc) is 2.42. The minimum atomic E-state index is 0.182. The van der Waals surface area contributed by atoms with Gasteiger partial charge in [-0.1, -0.05) is 65.5 Å². The first-order chi connectivity index (χ1) is 9.29. The second-order valence-corrected chi connectivity index (χ2v) is 6.17. The van der Waals surface area contributed by atoms with Crippen molar-refractivity contribution >= 4 is 11.4 Å².